The molecule has 0 N–H and O–H groups in total. The lowest BCUT2D eigenvalue weighted by Gasteiger charge is -2.20. The van der Waals surface area contributed by atoms with Crippen molar-refractivity contribution in [1.29, 1.82) is 0 Å². The third-order valence-electron chi connectivity index (χ3n) is 5.77. The molecule has 0 radical (unpaired) electrons. The van der Waals surface area contributed by atoms with Crippen LogP contribution in [-0.4, -0.2) is 17.5 Å². The lowest BCUT2D eigenvalue weighted by atomic mass is 10.1. The number of amides is 1. The third kappa shape index (κ3) is 5.60. The summed E-state index contributed by atoms with van der Waals surface area (Å²) < 4.78 is 6.90. The molecule has 1 aromatic heterocycles. The van der Waals surface area contributed by atoms with Crippen LogP contribution in [0.4, 0.5) is 5.13 Å². The van der Waals surface area contributed by atoms with Crippen LogP contribution in [0.2, 0.25) is 0 Å². The van der Waals surface area contributed by atoms with Crippen molar-refractivity contribution >= 4 is 32.6 Å². The van der Waals surface area contributed by atoms with Crippen LogP contribution < -0.4 is 9.64 Å². The normalized spacial score (nSPS) is 11.0. The van der Waals surface area contributed by atoms with Gasteiger partial charge in [0.15, 0.2) is 5.13 Å². The van der Waals surface area contributed by atoms with Crippen molar-refractivity contribution in [2.24, 2.45) is 0 Å². The van der Waals surface area contributed by atoms with Crippen molar-refractivity contribution in [2.75, 3.05) is 11.5 Å². The van der Waals surface area contributed by atoms with Crippen molar-refractivity contribution in [1.82, 2.24) is 4.98 Å². The monoisotopic (exact) mass is 458 g/mol. The molecule has 1 heterocycles. The molecular formula is C28H30N2O2S. The minimum Gasteiger partial charge on any atom is -0.494 e. The van der Waals surface area contributed by atoms with E-state index in [-0.39, 0.29) is 5.91 Å². The van der Waals surface area contributed by atoms with Crippen molar-refractivity contribution in [3.8, 4) is 5.75 Å². The molecule has 0 saturated carbocycles. The fraction of sp³-hybridized carbons (Fsp3) is 0.286. The highest BCUT2D eigenvalue weighted by atomic mass is 32.1. The topological polar surface area (TPSA) is 42.4 Å². The Labute approximate surface area is 199 Å². The molecule has 5 heteroatoms. The van der Waals surface area contributed by atoms with Gasteiger partial charge in [-0.1, -0.05) is 61.4 Å². The van der Waals surface area contributed by atoms with Crippen LogP contribution in [0, 0.1) is 13.8 Å². The van der Waals surface area contributed by atoms with Crippen LogP contribution in [0.5, 0.6) is 5.75 Å². The molecule has 3 aromatic carbocycles. The first-order valence-corrected chi connectivity index (χ1v) is 12.3. The Hall–Kier alpha value is -3.18. The largest absolute Gasteiger partial charge is 0.494 e. The highest BCUT2D eigenvalue weighted by Crippen LogP contribution is 2.32. The average molecular weight is 459 g/mol. The van der Waals surface area contributed by atoms with E-state index in [1.807, 2.05) is 54.6 Å². The molecule has 4 nitrogen and oxygen atoms in total. The Morgan fingerprint density at radius 3 is 2.42 bits per heavy atom. The van der Waals surface area contributed by atoms with E-state index in [0.29, 0.717) is 23.8 Å². The first-order valence-electron chi connectivity index (χ1n) is 11.5. The summed E-state index contributed by atoms with van der Waals surface area (Å²) in [6.07, 6.45) is 3.36. The third-order valence-corrected chi connectivity index (χ3v) is 6.81. The van der Waals surface area contributed by atoms with Gasteiger partial charge in [0, 0.05) is 5.56 Å². The van der Waals surface area contributed by atoms with Gasteiger partial charge in [-0.05, 0) is 73.4 Å². The van der Waals surface area contributed by atoms with Crippen LogP contribution in [0.3, 0.4) is 0 Å². The number of rotatable bonds is 9. The predicted molar refractivity (Wildman–Crippen MR) is 138 cm³/mol. The molecular weight excluding hydrogens is 428 g/mol. The van der Waals surface area contributed by atoms with Crippen molar-refractivity contribution in [2.45, 2.75) is 46.6 Å². The molecule has 4 aromatic rings. The summed E-state index contributed by atoms with van der Waals surface area (Å²) in [6.45, 7) is 7.54. The standard InChI is InChI=1S/C28H30N2O2S/c1-4-5-9-16-32-24-14-12-23(13-15-24)27(31)30(19-22-10-7-6-8-11-22)28-29-25-17-20(2)21(3)18-26(25)33-28/h6-8,10-15,17-18H,4-5,9,16,19H2,1-3H3. The van der Waals surface area contributed by atoms with Crippen LogP contribution >= 0.6 is 11.3 Å². The smallest absolute Gasteiger partial charge is 0.260 e. The molecule has 4 rings (SSSR count). The average Bonchev–Trinajstić information content (AvgIpc) is 3.23. The van der Waals surface area contributed by atoms with E-state index in [2.05, 4.69) is 32.9 Å². The molecule has 0 atom stereocenters. The van der Waals surface area contributed by atoms with E-state index in [4.69, 9.17) is 9.72 Å². The quantitative estimate of drug-likeness (QED) is 0.247. The zero-order valence-electron chi connectivity index (χ0n) is 19.5. The number of carbonyl (C=O) groups excluding carboxylic acids is 1. The van der Waals surface area contributed by atoms with Gasteiger partial charge in [0.25, 0.3) is 5.91 Å². The fourth-order valence-electron chi connectivity index (χ4n) is 3.67. The van der Waals surface area contributed by atoms with E-state index in [1.54, 1.807) is 16.2 Å². The molecule has 0 bridgehead atoms. The Morgan fingerprint density at radius 1 is 0.970 bits per heavy atom. The minimum atomic E-state index is -0.0658. The summed E-state index contributed by atoms with van der Waals surface area (Å²) in [7, 11) is 0. The molecule has 0 fully saturated rings. The van der Waals surface area contributed by atoms with Gasteiger partial charge in [-0.2, -0.15) is 0 Å². The second-order valence-electron chi connectivity index (χ2n) is 8.36. The number of benzene rings is 3. The number of carbonyl (C=O) groups is 1. The summed E-state index contributed by atoms with van der Waals surface area (Å²) in [5, 5.41) is 0.712. The van der Waals surface area contributed by atoms with E-state index >= 15 is 0 Å². The van der Waals surface area contributed by atoms with E-state index in [9.17, 15) is 4.79 Å². The van der Waals surface area contributed by atoms with Crippen molar-refractivity contribution in [3.63, 3.8) is 0 Å². The van der Waals surface area contributed by atoms with E-state index in [1.165, 1.54) is 17.5 Å². The Bertz CT molecular complexity index is 1180. The van der Waals surface area contributed by atoms with E-state index < -0.39 is 0 Å². The van der Waals surface area contributed by atoms with E-state index in [0.717, 1.165) is 34.4 Å². The summed E-state index contributed by atoms with van der Waals surface area (Å²) in [5.74, 6) is 0.729. The summed E-state index contributed by atoms with van der Waals surface area (Å²) in [5.41, 5.74) is 5.05. The highest BCUT2D eigenvalue weighted by molar-refractivity contribution is 7.22. The highest BCUT2D eigenvalue weighted by Gasteiger charge is 2.22. The number of anilines is 1. The van der Waals surface area contributed by atoms with Crippen LogP contribution in [0.25, 0.3) is 10.2 Å². The first kappa shape index (κ1) is 23.0. The molecule has 0 spiro atoms. The van der Waals surface area contributed by atoms with Gasteiger partial charge in [0.1, 0.15) is 5.75 Å². The van der Waals surface area contributed by atoms with Crippen LogP contribution in [0.15, 0.2) is 66.7 Å². The lowest BCUT2D eigenvalue weighted by Crippen LogP contribution is -2.30. The number of hydrogen-bond donors (Lipinski definition) is 0. The van der Waals surface area contributed by atoms with Gasteiger partial charge >= 0.3 is 0 Å². The van der Waals surface area contributed by atoms with Crippen molar-refractivity contribution in [3.05, 3.63) is 89.0 Å². The molecule has 33 heavy (non-hydrogen) atoms. The lowest BCUT2D eigenvalue weighted by molar-refractivity contribution is 0.0985. The number of aromatic nitrogens is 1. The number of thiazole rings is 1. The molecule has 0 aliphatic heterocycles. The van der Waals surface area contributed by atoms with Gasteiger partial charge in [0.05, 0.1) is 23.4 Å². The zero-order valence-corrected chi connectivity index (χ0v) is 20.3. The SMILES string of the molecule is CCCCCOc1ccc(C(=O)N(Cc2ccccc2)c2nc3cc(C)c(C)cc3s2)cc1. The van der Waals surface area contributed by atoms with Gasteiger partial charge in [-0.15, -0.1) is 0 Å². The fourth-order valence-corrected chi connectivity index (χ4v) is 4.71. The second-order valence-corrected chi connectivity index (χ2v) is 9.37. The van der Waals surface area contributed by atoms with Crippen LogP contribution in [-0.2, 0) is 6.54 Å². The number of unbranched alkanes of at least 4 members (excludes halogenated alkanes) is 2. The predicted octanol–water partition coefficient (Wildman–Crippen LogP) is 7.33. The molecule has 0 aliphatic carbocycles. The molecule has 170 valence electrons. The van der Waals surface area contributed by atoms with Gasteiger partial charge in [-0.3, -0.25) is 9.69 Å². The maximum Gasteiger partial charge on any atom is 0.260 e. The zero-order chi connectivity index (χ0) is 23.2. The van der Waals surface area contributed by atoms with Gasteiger partial charge in [-0.25, -0.2) is 4.98 Å². The molecule has 0 aliphatic rings. The molecule has 1 amide bonds. The number of aryl methyl sites for hydroxylation is 2. The maximum atomic E-state index is 13.6. The van der Waals surface area contributed by atoms with Crippen LogP contribution in [0.1, 0.15) is 53.2 Å². The van der Waals surface area contributed by atoms with Gasteiger partial charge < -0.3 is 4.74 Å². The number of hydrogen-bond acceptors (Lipinski definition) is 4. The Morgan fingerprint density at radius 2 is 1.70 bits per heavy atom. The van der Waals surface area contributed by atoms with Gasteiger partial charge in [0.2, 0.25) is 0 Å². The number of nitrogens with zero attached hydrogens (tertiary/aromatic N) is 2. The summed E-state index contributed by atoms with van der Waals surface area (Å²) in [6, 6.07) is 21.7. The number of ether oxygens (including phenoxy) is 1. The second kappa shape index (κ2) is 10.6. The maximum absolute atomic E-state index is 13.6. The summed E-state index contributed by atoms with van der Waals surface area (Å²) in [4.78, 5) is 20.2. The summed E-state index contributed by atoms with van der Waals surface area (Å²) >= 11 is 1.56. The Kier molecular flexibility index (Phi) is 7.40. The molecule has 0 saturated heterocycles. The Balaban J connectivity index is 1.61. The molecule has 0 unspecified atom stereocenters. The minimum absolute atomic E-state index is 0.0658. The first-order chi connectivity index (χ1) is 16.0. The number of fused-ring (bicyclic) bond motifs is 1. The van der Waals surface area contributed by atoms with Crippen molar-refractivity contribution < 1.29 is 9.53 Å².